The number of fused-ring (bicyclic) bond motifs is 1. The van der Waals surface area contributed by atoms with E-state index in [0.29, 0.717) is 6.04 Å². The Kier molecular flexibility index (Phi) is 6.25. The summed E-state index contributed by atoms with van der Waals surface area (Å²) in [4.78, 5) is 0. The van der Waals surface area contributed by atoms with Crippen molar-refractivity contribution in [3.8, 4) is 0 Å². The standard InChI is InChI=1S/C20H29N/c1-4-15-21-20(14-7-9-16(2)3)19-13-8-11-17-10-5-6-12-18(17)19/h5-6,8,10-13,16,20-21H,4,7,9,14-15H2,1-3H3. The van der Waals surface area contributed by atoms with Crippen LogP contribution < -0.4 is 5.32 Å². The Morgan fingerprint density at radius 3 is 2.48 bits per heavy atom. The molecule has 0 saturated heterocycles. The van der Waals surface area contributed by atoms with Gasteiger partial charge in [-0.25, -0.2) is 0 Å². The number of rotatable bonds is 8. The van der Waals surface area contributed by atoms with Gasteiger partial charge in [0.15, 0.2) is 0 Å². The quantitative estimate of drug-likeness (QED) is 0.654. The molecule has 0 spiro atoms. The SMILES string of the molecule is CCCNC(CCCC(C)C)c1cccc2ccccc12. The zero-order chi connectivity index (χ0) is 15.1. The molecule has 1 unspecified atom stereocenters. The lowest BCUT2D eigenvalue weighted by atomic mass is 9.94. The normalized spacial score (nSPS) is 13.0. The molecule has 0 aliphatic rings. The molecule has 1 heteroatoms. The molecule has 0 heterocycles. The van der Waals surface area contributed by atoms with Crippen molar-refractivity contribution in [2.45, 2.75) is 52.5 Å². The minimum atomic E-state index is 0.481. The highest BCUT2D eigenvalue weighted by Gasteiger charge is 2.13. The molecule has 0 fully saturated rings. The van der Waals surface area contributed by atoms with Crippen molar-refractivity contribution < 1.29 is 0 Å². The summed E-state index contributed by atoms with van der Waals surface area (Å²) >= 11 is 0. The van der Waals surface area contributed by atoms with E-state index in [2.05, 4.69) is 68.6 Å². The van der Waals surface area contributed by atoms with E-state index >= 15 is 0 Å². The summed E-state index contributed by atoms with van der Waals surface area (Å²) < 4.78 is 0. The van der Waals surface area contributed by atoms with E-state index in [1.807, 2.05) is 0 Å². The van der Waals surface area contributed by atoms with Crippen molar-refractivity contribution in [3.63, 3.8) is 0 Å². The van der Waals surface area contributed by atoms with Crippen molar-refractivity contribution in [2.24, 2.45) is 5.92 Å². The lowest BCUT2D eigenvalue weighted by Gasteiger charge is -2.21. The van der Waals surface area contributed by atoms with Crippen LogP contribution in [0.2, 0.25) is 0 Å². The van der Waals surface area contributed by atoms with Crippen LogP contribution in [0.5, 0.6) is 0 Å². The molecule has 0 saturated carbocycles. The highest BCUT2D eigenvalue weighted by molar-refractivity contribution is 5.86. The van der Waals surface area contributed by atoms with Crippen LogP contribution in [-0.4, -0.2) is 6.54 Å². The Hall–Kier alpha value is -1.34. The Morgan fingerprint density at radius 1 is 0.952 bits per heavy atom. The Bertz CT molecular complexity index is 539. The van der Waals surface area contributed by atoms with Crippen LogP contribution in [0.3, 0.4) is 0 Å². The van der Waals surface area contributed by atoms with Crippen LogP contribution in [0.1, 0.15) is 58.1 Å². The summed E-state index contributed by atoms with van der Waals surface area (Å²) in [6, 6.07) is 15.9. The smallest absolute Gasteiger partial charge is 0.0326 e. The maximum absolute atomic E-state index is 3.75. The lowest BCUT2D eigenvalue weighted by molar-refractivity contribution is 0.449. The van der Waals surface area contributed by atoms with E-state index in [-0.39, 0.29) is 0 Å². The number of nitrogens with one attached hydrogen (secondary N) is 1. The molecule has 0 radical (unpaired) electrons. The molecule has 2 aromatic rings. The molecule has 0 aromatic heterocycles. The second kappa shape index (κ2) is 8.19. The lowest BCUT2D eigenvalue weighted by Crippen LogP contribution is -2.22. The van der Waals surface area contributed by atoms with Gasteiger partial charge in [-0.2, -0.15) is 0 Å². The van der Waals surface area contributed by atoms with Gasteiger partial charge in [0, 0.05) is 6.04 Å². The third kappa shape index (κ3) is 4.57. The van der Waals surface area contributed by atoms with Gasteiger partial charge in [-0.3, -0.25) is 0 Å². The zero-order valence-corrected chi connectivity index (χ0v) is 13.7. The first kappa shape index (κ1) is 16.0. The van der Waals surface area contributed by atoms with E-state index in [1.54, 1.807) is 0 Å². The summed E-state index contributed by atoms with van der Waals surface area (Å²) in [5.41, 5.74) is 1.46. The molecule has 21 heavy (non-hydrogen) atoms. The van der Waals surface area contributed by atoms with Gasteiger partial charge in [0.2, 0.25) is 0 Å². The minimum Gasteiger partial charge on any atom is -0.310 e. The molecule has 114 valence electrons. The van der Waals surface area contributed by atoms with E-state index in [9.17, 15) is 0 Å². The summed E-state index contributed by atoms with van der Waals surface area (Å²) in [6.07, 6.45) is 5.02. The molecule has 1 nitrogen and oxygen atoms in total. The number of benzene rings is 2. The summed E-state index contributed by atoms with van der Waals surface area (Å²) in [6.45, 7) is 7.95. The van der Waals surface area contributed by atoms with Crippen LogP contribution in [0, 0.1) is 5.92 Å². The molecule has 1 atom stereocenters. The van der Waals surface area contributed by atoms with Crippen LogP contribution in [0.15, 0.2) is 42.5 Å². The summed E-state index contributed by atoms with van der Waals surface area (Å²) in [5, 5.41) is 6.50. The average Bonchev–Trinajstić information content (AvgIpc) is 2.50. The van der Waals surface area contributed by atoms with Gasteiger partial charge in [0.25, 0.3) is 0 Å². The second-order valence-corrected chi connectivity index (χ2v) is 6.40. The maximum atomic E-state index is 3.75. The Labute approximate surface area is 129 Å². The van der Waals surface area contributed by atoms with Crippen molar-refractivity contribution in [2.75, 3.05) is 6.54 Å². The number of hydrogen-bond acceptors (Lipinski definition) is 1. The van der Waals surface area contributed by atoms with Gasteiger partial charge in [-0.15, -0.1) is 0 Å². The molecule has 0 aliphatic heterocycles. The van der Waals surface area contributed by atoms with Gasteiger partial charge < -0.3 is 5.32 Å². The van der Waals surface area contributed by atoms with E-state index < -0.39 is 0 Å². The topological polar surface area (TPSA) is 12.0 Å². The molecular weight excluding hydrogens is 254 g/mol. The van der Waals surface area contributed by atoms with Crippen LogP contribution in [0.25, 0.3) is 10.8 Å². The summed E-state index contributed by atoms with van der Waals surface area (Å²) in [7, 11) is 0. The first-order valence-electron chi connectivity index (χ1n) is 8.43. The molecule has 0 bridgehead atoms. The number of hydrogen-bond donors (Lipinski definition) is 1. The van der Waals surface area contributed by atoms with E-state index in [0.717, 1.165) is 12.5 Å². The average molecular weight is 283 g/mol. The zero-order valence-electron chi connectivity index (χ0n) is 13.7. The minimum absolute atomic E-state index is 0.481. The van der Waals surface area contributed by atoms with E-state index in [1.165, 1.54) is 42.0 Å². The molecule has 2 rings (SSSR count). The van der Waals surface area contributed by atoms with Gasteiger partial charge in [-0.05, 0) is 41.6 Å². The van der Waals surface area contributed by atoms with Gasteiger partial charge in [0.05, 0.1) is 0 Å². The Balaban J connectivity index is 2.20. The fourth-order valence-corrected chi connectivity index (χ4v) is 2.97. The third-order valence-corrected chi connectivity index (χ3v) is 4.11. The first-order valence-corrected chi connectivity index (χ1v) is 8.43. The molecule has 0 aliphatic carbocycles. The molecule has 0 amide bonds. The van der Waals surface area contributed by atoms with Crippen LogP contribution >= 0.6 is 0 Å². The van der Waals surface area contributed by atoms with Crippen molar-refractivity contribution >= 4 is 10.8 Å². The Morgan fingerprint density at radius 2 is 1.71 bits per heavy atom. The fraction of sp³-hybridized carbons (Fsp3) is 0.500. The highest BCUT2D eigenvalue weighted by Crippen LogP contribution is 2.28. The molecular formula is C20H29N. The van der Waals surface area contributed by atoms with Crippen molar-refractivity contribution in [1.82, 2.24) is 5.32 Å². The van der Waals surface area contributed by atoms with Gasteiger partial charge >= 0.3 is 0 Å². The fourth-order valence-electron chi connectivity index (χ4n) is 2.97. The predicted molar refractivity (Wildman–Crippen MR) is 93.7 cm³/mol. The van der Waals surface area contributed by atoms with Crippen LogP contribution in [0.4, 0.5) is 0 Å². The first-order chi connectivity index (χ1) is 10.2. The third-order valence-electron chi connectivity index (χ3n) is 4.11. The van der Waals surface area contributed by atoms with E-state index in [4.69, 9.17) is 0 Å². The van der Waals surface area contributed by atoms with Gasteiger partial charge in [-0.1, -0.05) is 76.1 Å². The molecule has 1 N–H and O–H groups in total. The largest absolute Gasteiger partial charge is 0.310 e. The maximum Gasteiger partial charge on any atom is 0.0326 e. The van der Waals surface area contributed by atoms with Crippen molar-refractivity contribution in [3.05, 3.63) is 48.0 Å². The monoisotopic (exact) mass is 283 g/mol. The van der Waals surface area contributed by atoms with Gasteiger partial charge in [0.1, 0.15) is 0 Å². The highest BCUT2D eigenvalue weighted by atomic mass is 14.9. The van der Waals surface area contributed by atoms with Crippen LogP contribution in [-0.2, 0) is 0 Å². The van der Waals surface area contributed by atoms with Crippen molar-refractivity contribution in [1.29, 1.82) is 0 Å². The second-order valence-electron chi connectivity index (χ2n) is 6.40. The predicted octanol–water partition coefficient (Wildman–Crippen LogP) is 5.71. The molecule has 2 aromatic carbocycles. The summed E-state index contributed by atoms with van der Waals surface area (Å²) in [5.74, 6) is 0.796.